The van der Waals surface area contributed by atoms with Crippen molar-refractivity contribution in [3.05, 3.63) is 30.3 Å². The van der Waals surface area contributed by atoms with Crippen LogP contribution in [-0.4, -0.2) is 59.9 Å². The molecule has 8 nitrogen and oxygen atoms in total. The lowest BCUT2D eigenvalue weighted by molar-refractivity contribution is -0.127. The van der Waals surface area contributed by atoms with Crippen molar-refractivity contribution in [3.8, 4) is 5.75 Å². The van der Waals surface area contributed by atoms with E-state index in [2.05, 4.69) is 10.6 Å². The van der Waals surface area contributed by atoms with Crippen molar-refractivity contribution in [1.29, 1.82) is 0 Å². The highest BCUT2D eigenvalue weighted by Crippen LogP contribution is 2.17. The molecule has 1 fully saturated rings. The first kappa shape index (κ1) is 17.8. The molecule has 1 aromatic rings. The normalized spacial score (nSPS) is 13.8. The molecular weight excluding hydrogens is 334 g/mol. The number of amides is 4. The summed E-state index contributed by atoms with van der Waals surface area (Å²) in [6.07, 6.45) is 0. The van der Waals surface area contributed by atoms with Gasteiger partial charge in [0.2, 0.25) is 11.8 Å². The molecule has 1 heterocycles. The van der Waals surface area contributed by atoms with E-state index in [1.54, 1.807) is 24.3 Å². The summed E-state index contributed by atoms with van der Waals surface area (Å²) in [5, 5.41) is 4.65. The topological polar surface area (TPSA) is 105 Å². The first-order valence-corrected chi connectivity index (χ1v) is 8.23. The fraction of sp³-hybridized carbons (Fsp3) is 0.333. The molecule has 2 rings (SSSR count). The summed E-state index contributed by atoms with van der Waals surface area (Å²) in [5.74, 6) is -0.379. The molecule has 24 heavy (non-hydrogen) atoms. The minimum Gasteiger partial charge on any atom is -0.484 e. The summed E-state index contributed by atoms with van der Waals surface area (Å²) in [4.78, 5) is 47.0. The second kappa shape index (κ2) is 8.92. The highest BCUT2D eigenvalue weighted by Gasteiger charge is 2.29. The van der Waals surface area contributed by atoms with Gasteiger partial charge < -0.3 is 15.4 Å². The van der Waals surface area contributed by atoms with Gasteiger partial charge in [0.25, 0.3) is 11.1 Å². The summed E-state index contributed by atoms with van der Waals surface area (Å²) >= 11 is 0.944. The molecule has 0 spiro atoms. The minimum atomic E-state index is -0.421. The number of carbonyl (C=O) groups excluding carboxylic acids is 4. The van der Waals surface area contributed by atoms with Crippen molar-refractivity contribution in [2.75, 3.05) is 32.0 Å². The van der Waals surface area contributed by atoms with E-state index in [0.29, 0.717) is 5.75 Å². The number of thioether (sulfide) groups is 1. The molecule has 0 bridgehead atoms. The minimum absolute atomic E-state index is 0.126. The van der Waals surface area contributed by atoms with Gasteiger partial charge >= 0.3 is 0 Å². The summed E-state index contributed by atoms with van der Waals surface area (Å²) in [6.45, 7) is -0.117. The molecule has 0 radical (unpaired) electrons. The highest BCUT2D eigenvalue weighted by atomic mass is 32.2. The summed E-state index contributed by atoms with van der Waals surface area (Å²) in [7, 11) is 0. The van der Waals surface area contributed by atoms with Crippen LogP contribution in [0.1, 0.15) is 0 Å². The van der Waals surface area contributed by atoms with Crippen molar-refractivity contribution in [1.82, 2.24) is 15.5 Å². The van der Waals surface area contributed by atoms with Crippen LogP contribution in [0.25, 0.3) is 0 Å². The number of nitrogens with one attached hydrogen (secondary N) is 2. The molecule has 1 aliphatic rings. The van der Waals surface area contributed by atoms with Crippen molar-refractivity contribution < 1.29 is 23.9 Å². The van der Waals surface area contributed by atoms with E-state index >= 15 is 0 Å². The van der Waals surface area contributed by atoms with Crippen molar-refractivity contribution in [3.63, 3.8) is 0 Å². The standard InChI is InChI=1S/C15H17N3O5S/c19-12(16-6-7-18-14(21)10-24-15(18)22)8-17-13(20)9-23-11-4-2-1-3-5-11/h1-5H,6-10H2,(H,16,19)(H,17,20). The first-order chi connectivity index (χ1) is 11.6. The molecular formula is C15H17N3O5S. The number of hydrogen-bond donors (Lipinski definition) is 2. The van der Waals surface area contributed by atoms with Crippen molar-refractivity contribution in [2.45, 2.75) is 0 Å². The Hall–Kier alpha value is -2.55. The number of carbonyl (C=O) groups is 4. The molecule has 0 unspecified atom stereocenters. The Kier molecular flexibility index (Phi) is 6.62. The van der Waals surface area contributed by atoms with Gasteiger partial charge in [-0.25, -0.2) is 0 Å². The molecule has 2 N–H and O–H groups in total. The monoisotopic (exact) mass is 351 g/mol. The molecule has 0 aromatic heterocycles. The van der Waals surface area contributed by atoms with E-state index in [1.165, 1.54) is 0 Å². The summed E-state index contributed by atoms with van der Waals surface area (Å²) in [6, 6.07) is 8.85. The number of para-hydroxylation sites is 1. The van der Waals surface area contributed by atoms with E-state index in [-0.39, 0.29) is 43.1 Å². The van der Waals surface area contributed by atoms with E-state index < -0.39 is 11.8 Å². The Morgan fingerprint density at radius 3 is 2.54 bits per heavy atom. The van der Waals surface area contributed by atoms with Crippen LogP contribution in [-0.2, 0) is 14.4 Å². The third-order valence-corrected chi connectivity index (χ3v) is 3.92. The predicted octanol–water partition coefficient (Wildman–Crippen LogP) is -0.00680. The number of hydrogen-bond acceptors (Lipinski definition) is 6. The smallest absolute Gasteiger partial charge is 0.288 e. The Labute approximate surface area is 142 Å². The van der Waals surface area contributed by atoms with Crippen LogP contribution in [0.5, 0.6) is 5.75 Å². The van der Waals surface area contributed by atoms with Gasteiger partial charge in [-0.2, -0.15) is 0 Å². The van der Waals surface area contributed by atoms with Crippen molar-refractivity contribution in [2.24, 2.45) is 0 Å². The van der Waals surface area contributed by atoms with E-state index in [9.17, 15) is 19.2 Å². The summed E-state index contributed by atoms with van der Waals surface area (Å²) < 4.78 is 5.24. The van der Waals surface area contributed by atoms with Gasteiger partial charge in [0, 0.05) is 13.1 Å². The van der Waals surface area contributed by atoms with Gasteiger partial charge in [0.15, 0.2) is 6.61 Å². The number of ether oxygens (including phenoxy) is 1. The maximum atomic E-state index is 11.6. The van der Waals surface area contributed by atoms with E-state index in [4.69, 9.17) is 4.74 Å². The zero-order valence-electron chi connectivity index (χ0n) is 12.8. The number of imide groups is 1. The lowest BCUT2D eigenvalue weighted by atomic mass is 10.3. The number of benzene rings is 1. The third-order valence-electron chi connectivity index (χ3n) is 3.06. The lowest BCUT2D eigenvalue weighted by Crippen LogP contribution is -2.42. The van der Waals surface area contributed by atoms with Gasteiger partial charge in [-0.15, -0.1) is 0 Å². The quantitative estimate of drug-likeness (QED) is 0.683. The molecule has 1 aromatic carbocycles. The number of nitrogens with zero attached hydrogens (tertiary/aromatic N) is 1. The molecule has 0 aliphatic carbocycles. The Morgan fingerprint density at radius 2 is 1.88 bits per heavy atom. The fourth-order valence-electron chi connectivity index (χ4n) is 1.86. The SMILES string of the molecule is O=C(CNC(=O)COc1ccccc1)NCCN1C(=O)CSC1=O. The molecule has 1 aliphatic heterocycles. The van der Waals surface area contributed by atoms with Crippen LogP contribution in [0.3, 0.4) is 0 Å². The van der Waals surface area contributed by atoms with Crippen LogP contribution in [0, 0.1) is 0 Å². The molecule has 9 heteroatoms. The zero-order chi connectivity index (χ0) is 17.4. The Balaban J connectivity index is 1.58. The average molecular weight is 351 g/mol. The second-order valence-electron chi connectivity index (χ2n) is 4.83. The van der Waals surface area contributed by atoms with Crippen LogP contribution >= 0.6 is 11.8 Å². The van der Waals surface area contributed by atoms with Gasteiger partial charge in [-0.3, -0.25) is 24.1 Å². The van der Waals surface area contributed by atoms with E-state index in [0.717, 1.165) is 16.7 Å². The van der Waals surface area contributed by atoms with Crippen molar-refractivity contribution >= 4 is 34.7 Å². The van der Waals surface area contributed by atoms with Crippen LogP contribution in [0.2, 0.25) is 0 Å². The van der Waals surface area contributed by atoms with Crippen LogP contribution in [0.15, 0.2) is 30.3 Å². The fourth-order valence-corrected chi connectivity index (χ4v) is 2.61. The lowest BCUT2D eigenvalue weighted by Gasteiger charge is -2.13. The Bertz CT molecular complexity index is 607. The molecule has 1 saturated heterocycles. The van der Waals surface area contributed by atoms with Gasteiger partial charge in [0.1, 0.15) is 5.75 Å². The average Bonchev–Trinajstić information content (AvgIpc) is 2.91. The van der Waals surface area contributed by atoms with Gasteiger partial charge in [-0.1, -0.05) is 30.0 Å². The van der Waals surface area contributed by atoms with Gasteiger partial charge in [0.05, 0.1) is 12.3 Å². The first-order valence-electron chi connectivity index (χ1n) is 7.24. The Morgan fingerprint density at radius 1 is 1.12 bits per heavy atom. The van der Waals surface area contributed by atoms with Crippen LogP contribution in [0.4, 0.5) is 4.79 Å². The predicted molar refractivity (Wildman–Crippen MR) is 87.5 cm³/mol. The third kappa shape index (κ3) is 5.58. The maximum absolute atomic E-state index is 11.6. The number of rotatable bonds is 8. The zero-order valence-corrected chi connectivity index (χ0v) is 13.6. The maximum Gasteiger partial charge on any atom is 0.288 e. The summed E-state index contributed by atoms with van der Waals surface area (Å²) in [5.41, 5.74) is 0. The van der Waals surface area contributed by atoms with Crippen LogP contribution < -0.4 is 15.4 Å². The van der Waals surface area contributed by atoms with Gasteiger partial charge in [-0.05, 0) is 12.1 Å². The highest BCUT2D eigenvalue weighted by molar-refractivity contribution is 8.14. The molecule has 0 saturated carbocycles. The molecule has 4 amide bonds. The largest absolute Gasteiger partial charge is 0.484 e. The van der Waals surface area contributed by atoms with E-state index in [1.807, 2.05) is 6.07 Å². The molecule has 128 valence electrons. The second-order valence-corrected chi connectivity index (χ2v) is 5.75. The molecule has 0 atom stereocenters.